The SMILES string of the molecule is CC(C)C(=O)C1Cc2nc(-c3ccsc3)sc2N1C(C)C. The van der Waals surface area contributed by atoms with Gasteiger partial charge in [-0.25, -0.2) is 4.98 Å². The summed E-state index contributed by atoms with van der Waals surface area (Å²) < 4.78 is 0. The molecule has 2 aromatic heterocycles. The van der Waals surface area contributed by atoms with Crippen molar-refractivity contribution in [3.63, 3.8) is 0 Å². The molecule has 0 aliphatic carbocycles. The lowest BCUT2D eigenvalue weighted by Crippen LogP contribution is -2.44. The van der Waals surface area contributed by atoms with Crippen molar-refractivity contribution in [3.05, 3.63) is 22.5 Å². The maximum absolute atomic E-state index is 12.5. The fourth-order valence-electron chi connectivity index (χ4n) is 2.83. The van der Waals surface area contributed by atoms with Gasteiger partial charge in [0.15, 0.2) is 5.78 Å². The number of thiazole rings is 1. The molecule has 0 radical (unpaired) electrons. The highest BCUT2D eigenvalue weighted by Gasteiger charge is 2.39. The van der Waals surface area contributed by atoms with Crippen molar-refractivity contribution < 1.29 is 4.79 Å². The van der Waals surface area contributed by atoms with Crippen LogP contribution in [-0.4, -0.2) is 22.9 Å². The third-order valence-electron chi connectivity index (χ3n) is 3.86. The topological polar surface area (TPSA) is 33.2 Å². The molecule has 0 N–H and O–H groups in total. The number of nitrogens with zero attached hydrogens (tertiary/aromatic N) is 2. The van der Waals surface area contributed by atoms with Crippen molar-refractivity contribution in [3.8, 4) is 10.6 Å². The van der Waals surface area contributed by atoms with Crippen molar-refractivity contribution in [2.45, 2.75) is 46.2 Å². The van der Waals surface area contributed by atoms with Gasteiger partial charge in [0.25, 0.3) is 0 Å². The van der Waals surface area contributed by atoms with E-state index in [1.165, 1.54) is 10.6 Å². The minimum absolute atomic E-state index is 0.0322. The summed E-state index contributed by atoms with van der Waals surface area (Å²) in [6.45, 7) is 8.27. The highest BCUT2D eigenvalue weighted by atomic mass is 32.1. The van der Waals surface area contributed by atoms with Crippen LogP contribution in [0, 0.1) is 5.92 Å². The van der Waals surface area contributed by atoms with Crippen LogP contribution < -0.4 is 4.90 Å². The van der Waals surface area contributed by atoms with Gasteiger partial charge in [0.2, 0.25) is 0 Å². The molecule has 112 valence electrons. The quantitative estimate of drug-likeness (QED) is 0.845. The van der Waals surface area contributed by atoms with E-state index >= 15 is 0 Å². The Hall–Kier alpha value is -1.20. The van der Waals surface area contributed by atoms with E-state index in [1.54, 1.807) is 22.7 Å². The van der Waals surface area contributed by atoms with Crippen molar-refractivity contribution in [2.24, 2.45) is 5.92 Å². The molecule has 1 aliphatic rings. The number of hydrogen-bond donors (Lipinski definition) is 0. The molecule has 0 amide bonds. The molecule has 1 aliphatic heterocycles. The number of ketones is 1. The highest BCUT2D eigenvalue weighted by molar-refractivity contribution is 7.19. The van der Waals surface area contributed by atoms with Gasteiger partial charge in [-0.05, 0) is 25.3 Å². The smallest absolute Gasteiger partial charge is 0.158 e. The Morgan fingerprint density at radius 3 is 2.71 bits per heavy atom. The predicted molar refractivity (Wildman–Crippen MR) is 90.4 cm³/mol. The lowest BCUT2D eigenvalue weighted by atomic mass is 9.99. The average molecular weight is 320 g/mol. The standard InChI is InChI=1S/C16H20N2OS2/c1-9(2)14(19)13-7-12-16(18(13)10(3)4)21-15(17-12)11-5-6-20-8-11/h5-6,8-10,13H,7H2,1-4H3. The van der Waals surface area contributed by atoms with E-state index in [0.717, 1.165) is 17.1 Å². The molecule has 5 heteroatoms. The Labute approximate surface area is 133 Å². The van der Waals surface area contributed by atoms with Crippen LogP contribution >= 0.6 is 22.7 Å². The summed E-state index contributed by atoms with van der Waals surface area (Å²) in [5, 5.41) is 6.46. The van der Waals surface area contributed by atoms with Crippen LogP contribution in [0.5, 0.6) is 0 Å². The Bertz CT molecular complexity index is 643. The zero-order chi connectivity index (χ0) is 15.1. The molecule has 1 atom stereocenters. The molecular formula is C16H20N2OS2. The number of Topliss-reactive ketones (excluding diaryl/α,β-unsaturated/α-hetero) is 1. The summed E-state index contributed by atoms with van der Waals surface area (Å²) in [6.07, 6.45) is 0.755. The molecule has 0 spiro atoms. The third-order valence-corrected chi connectivity index (χ3v) is 5.70. The number of carbonyl (C=O) groups is 1. The molecular weight excluding hydrogens is 300 g/mol. The van der Waals surface area contributed by atoms with Gasteiger partial charge in [-0.3, -0.25) is 4.79 Å². The lowest BCUT2D eigenvalue weighted by molar-refractivity contribution is -0.123. The second-order valence-corrected chi connectivity index (χ2v) is 7.82. The number of carbonyl (C=O) groups excluding carboxylic acids is 1. The maximum atomic E-state index is 12.5. The van der Waals surface area contributed by atoms with Gasteiger partial charge in [0.1, 0.15) is 10.0 Å². The zero-order valence-corrected chi connectivity index (χ0v) is 14.4. The van der Waals surface area contributed by atoms with Gasteiger partial charge >= 0.3 is 0 Å². The fourth-order valence-corrected chi connectivity index (χ4v) is 4.82. The average Bonchev–Trinajstić information content (AvgIpc) is 3.10. The number of aromatic nitrogens is 1. The number of thiophene rings is 1. The van der Waals surface area contributed by atoms with Crippen molar-refractivity contribution in [1.82, 2.24) is 4.98 Å². The molecule has 0 aromatic carbocycles. The minimum atomic E-state index is -0.0322. The highest BCUT2D eigenvalue weighted by Crippen LogP contribution is 2.43. The van der Waals surface area contributed by atoms with Crippen molar-refractivity contribution in [2.75, 3.05) is 4.90 Å². The molecule has 0 fully saturated rings. The summed E-state index contributed by atoms with van der Waals surface area (Å²) in [6, 6.07) is 2.39. The molecule has 3 nitrogen and oxygen atoms in total. The van der Waals surface area contributed by atoms with Gasteiger partial charge in [-0.2, -0.15) is 11.3 Å². The second-order valence-electron chi connectivity index (χ2n) is 6.06. The van der Waals surface area contributed by atoms with E-state index in [9.17, 15) is 4.79 Å². The first-order valence-electron chi connectivity index (χ1n) is 7.33. The maximum Gasteiger partial charge on any atom is 0.158 e. The lowest BCUT2D eigenvalue weighted by Gasteiger charge is -2.30. The van der Waals surface area contributed by atoms with Crippen LogP contribution in [0.4, 0.5) is 5.00 Å². The minimum Gasteiger partial charge on any atom is -0.349 e. The molecule has 2 aromatic rings. The Balaban J connectivity index is 1.96. The van der Waals surface area contributed by atoms with Crippen LogP contribution in [0.3, 0.4) is 0 Å². The largest absolute Gasteiger partial charge is 0.349 e. The van der Waals surface area contributed by atoms with Gasteiger partial charge in [0.05, 0.1) is 11.7 Å². The zero-order valence-electron chi connectivity index (χ0n) is 12.8. The van der Waals surface area contributed by atoms with E-state index in [4.69, 9.17) is 4.98 Å². The van der Waals surface area contributed by atoms with Crippen LogP contribution in [-0.2, 0) is 11.2 Å². The third kappa shape index (κ3) is 2.53. The monoisotopic (exact) mass is 320 g/mol. The summed E-state index contributed by atoms with van der Waals surface area (Å²) >= 11 is 3.41. The molecule has 0 bridgehead atoms. The molecule has 21 heavy (non-hydrogen) atoms. The van der Waals surface area contributed by atoms with Crippen molar-refractivity contribution >= 4 is 33.5 Å². The summed E-state index contributed by atoms with van der Waals surface area (Å²) in [7, 11) is 0. The Morgan fingerprint density at radius 2 is 2.14 bits per heavy atom. The molecule has 1 unspecified atom stereocenters. The Kier molecular flexibility index (Phi) is 3.88. The van der Waals surface area contributed by atoms with Crippen LogP contribution in [0.1, 0.15) is 33.4 Å². The predicted octanol–water partition coefficient (Wildman–Crippen LogP) is 4.24. The van der Waals surface area contributed by atoms with E-state index in [-0.39, 0.29) is 12.0 Å². The van der Waals surface area contributed by atoms with Crippen LogP contribution in [0.15, 0.2) is 16.8 Å². The number of rotatable bonds is 4. The van der Waals surface area contributed by atoms with Gasteiger partial charge < -0.3 is 4.90 Å². The van der Waals surface area contributed by atoms with E-state index in [1.807, 2.05) is 13.8 Å². The number of anilines is 1. The second kappa shape index (κ2) is 5.54. The number of hydrogen-bond acceptors (Lipinski definition) is 5. The first kappa shape index (κ1) is 14.7. The van der Waals surface area contributed by atoms with Crippen LogP contribution in [0.2, 0.25) is 0 Å². The van der Waals surface area contributed by atoms with E-state index < -0.39 is 0 Å². The van der Waals surface area contributed by atoms with E-state index in [0.29, 0.717) is 11.8 Å². The van der Waals surface area contributed by atoms with Crippen molar-refractivity contribution in [1.29, 1.82) is 0 Å². The van der Waals surface area contributed by atoms with Gasteiger partial charge in [-0.15, -0.1) is 0 Å². The normalized spacial score (nSPS) is 17.8. The molecule has 0 saturated carbocycles. The molecule has 3 heterocycles. The molecule has 3 rings (SSSR count). The first-order valence-corrected chi connectivity index (χ1v) is 9.09. The summed E-state index contributed by atoms with van der Waals surface area (Å²) in [5.41, 5.74) is 2.28. The van der Waals surface area contributed by atoms with E-state index in [2.05, 4.69) is 35.6 Å². The number of fused-ring (bicyclic) bond motifs is 1. The Morgan fingerprint density at radius 1 is 1.38 bits per heavy atom. The van der Waals surface area contributed by atoms with Gasteiger partial charge in [-0.1, -0.05) is 25.2 Å². The van der Waals surface area contributed by atoms with Crippen LogP contribution in [0.25, 0.3) is 10.6 Å². The van der Waals surface area contributed by atoms with Gasteiger partial charge in [0, 0.05) is 29.3 Å². The fraction of sp³-hybridized carbons (Fsp3) is 0.500. The first-order chi connectivity index (χ1) is 9.99. The summed E-state index contributed by atoms with van der Waals surface area (Å²) in [5.74, 6) is 0.396. The molecule has 0 saturated heterocycles. The summed E-state index contributed by atoms with van der Waals surface area (Å²) in [4.78, 5) is 19.5.